The predicted octanol–water partition coefficient (Wildman–Crippen LogP) is 3.92. The molecule has 0 aromatic carbocycles. The molecule has 2 nitrogen and oxygen atoms in total. The molecule has 0 spiro atoms. The van der Waals surface area contributed by atoms with Crippen LogP contribution in [0.4, 0.5) is 0 Å². The molecule has 0 fully saturated rings. The van der Waals surface area contributed by atoms with Gasteiger partial charge in [0.25, 0.3) is 0 Å². The van der Waals surface area contributed by atoms with Crippen molar-refractivity contribution in [1.29, 1.82) is 0 Å². The van der Waals surface area contributed by atoms with Gasteiger partial charge in [-0.2, -0.15) is 0 Å². The minimum Gasteiger partial charge on any atom is -0.258 e. The molecule has 2 aromatic rings. The fourth-order valence-corrected chi connectivity index (χ4v) is 2.52. The van der Waals surface area contributed by atoms with Crippen molar-refractivity contribution in [3.05, 3.63) is 57.2 Å². The third-order valence-corrected chi connectivity index (χ3v) is 3.88. The summed E-state index contributed by atoms with van der Waals surface area (Å²) >= 11 is 0. The first kappa shape index (κ1) is 13.7. The van der Waals surface area contributed by atoms with Gasteiger partial charge in [0.15, 0.2) is 0 Å². The van der Waals surface area contributed by atoms with E-state index in [1.165, 1.54) is 22.3 Å². The summed E-state index contributed by atoms with van der Waals surface area (Å²) in [6, 6.07) is 4.40. The van der Waals surface area contributed by atoms with Gasteiger partial charge >= 0.3 is 0 Å². The first-order valence-corrected chi connectivity index (χ1v) is 6.76. The van der Waals surface area contributed by atoms with Crippen LogP contribution in [-0.2, 0) is 6.42 Å². The largest absolute Gasteiger partial charge is 0.258 e. The zero-order chi connectivity index (χ0) is 14.2. The SMILES string of the molecule is Cc1cc(Cc2cc(C)nc(C)c2C)c(C)c(C)n1. The maximum atomic E-state index is 4.52. The van der Waals surface area contributed by atoms with Gasteiger partial charge in [-0.05, 0) is 82.3 Å². The zero-order valence-corrected chi connectivity index (χ0v) is 12.8. The first-order chi connectivity index (χ1) is 8.88. The van der Waals surface area contributed by atoms with Gasteiger partial charge in [0, 0.05) is 22.8 Å². The Hall–Kier alpha value is -1.70. The Morgan fingerprint density at radius 3 is 1.42 bits per heavy atom. The summed E-state index contributed by atoms with van der Waals surface area (Å²) in [6.07, 6.45) is 0.964. The van der Waals surface area contributed by atoms with E-state index in [1.807, 2.05) is 0 Å². The van der Waals surface area contributed by atoms with Crippen LogP contribution in [0.3, 0.4) is 0 Å². The lowest BCUT2D eigenvalue weighted by atomic mass is 9.96. The molecule has 0 amide bonds. The molecule has 0 aliphatic carbocycles. The highest BCUT2D eigenvalue weighted by atomic mass is 14.7. The molecule has 100 valence electrons. The number of aryl methyl sites for hydroxylation is 4. The molecule has 2 heteroatoms. The Morgan fingerprint density at radius 1 is 0.684 bits per heavy atom. The van der Waals surface area contributed by atoms with E-state index in [1.54, 1.807) is 0 Å². The fourth-order valence-electron chi connectivity index (χ4n) is 2.52. The number of pyridine rings is 2. The van der Waals surface area contributed by atoms with Crippen molar-refractivity contribution in [1.82, 2.24) is 9.97 Å². The second-order valence-corrected chi connectivity index (χ2v) is 5.44. The molecule has 0 N–H and O–H groups in total. The lowest BCUT2D eigenvalue weighted by molar-refractivity contribution is 0.997. The van der Waals surface area contributed by atoms with Crippen LogP contribution < -0.4 is 0 Å². The van der Waals surface area contributed by atoms with E-state index in [0.717, 1.165) is 29.2 Å². The van der Waals surface area contributed by atoms with Crippen molar-refractivity contribution >= 4 is 0 Å². The van der Waals surface area contributed by atoms with Gasteiger partial charge in [-0.25, -0.2) is 0 Å². The van der Waals surface area contributed by atoms with E-state index in [9.17, 15) is 0 Å². The Labute approximate surface area is 115 Å². The van der Waals surface area contributed by atoms with E-state index in [4.69, 9.17) is 0 Å². The maximum Gasteiger partial charge on any atom is 0.0407 e. The van der Waals surface area contributed by atoms with Gasteiger partial charge in [-0.3, -0.25) is 9.97 Å². The van der Waals surface area contributed by atoms with Gasteiger partial charge in [0.05, 0.1) is 0 Å². The number of rotatable bonds is 2. The Kier molecular flexibility index (Phi) is 3.70. The van der Waals surface area contributed by atoms with Crippen LogP contribution in [0, 0.1) is 41.5 Å². The normalized spacial score (nSPS) is 10.8. The van der Waals surface area contributed by atoms with Crippen molar-refractivity contribution in [3.8, 4) is 0 Å². The van der Waals surface area contributed by atoms with E-state index in [-0.39, 0.29) is 0 Å². The molecule has 0 atom stereocenters. The number of hydrogen-bond donors (Lipinski definition) is 0. The molecule has 2 heterocycles. The molecule has 0 bridgehead atoms. The number of nitrogens with zero attached hydrogens (tertiary/aromatic N) is 2. The van der Waals surface area contributed by atoms with E-state index >= 15 is 0 Å². The second kappa shape index (κ2) is 5.12. The highest BCUT2D eigenvalue weighted by molar-refractivity contribution is 5.39. The van der Waals surface area contributed by atoms with Gasteiger partial charge in [-0.1, -0.05) is 0 Å². The van der Waals surface area contributed by atoms with Gasteiger partial charge < -0.3 is 0 Å². The van der Waals surface area contributed by atoms with Gasteiger partial charge in [0.1, 0.15) is 0 Å². The molecule has 0 aliphatic rings. The predicted molar refractivity (Wildman–Crippen MR) is 79.7 cm³/mol. The van der Waals surface area contributed by atoms with Crippen LogP contribution >= 0.6 is 0 Å². The minimum atomic E-state index is 0.964. The first-order valence-electron chi connectivity index (χ1n) is 6.76. The van der Waals surface area contributed by atoms with Gasteiger partial charge in [0.2, 0.25) is 0 Å². The molecule has 19 heavy (non-hydrogen) atoms. The zero-order valence-electron chi connectivity index (χ0n) is 12.8. The molecule has 0 aliphatic heterocycles. The molecular formula is C17H22N2. The van der Waals surface area contributed by atoms with Crippen LogP contribution in [0.15, 0.2) is 12.1 Å². The van der Waals surface area contributed by atoms with Crippen LogP contribution in [0.5, 0.6) is 0 Å². The van der Waals surface area contributed by atoms with Crippen LogP contribution in [0.2, 0.25) is 0 Å². The van der Waals surface area contributed by atoms with Crippen molar-refractivity contribution in [2.75, 3.05) is 0 Å². The summed E-state index contributed by atoms with van der Waals surface area (Å²) in [7, 11) is 0. The highest BCUT2D eigenvalue weighted by Gasteiger charge is 2.09. The Morgan fingerprint density at radius 2 is 1.05 bits per heavy atom. The third-order valence-electron chi connectivity index (χ3n) is 3.88. The minimum absolute atomic E-state index is 0.964. The highest BCUT2D eigenvalue weighted by Crippen LogP contribution is 2.21. The molecule has 0 unspecified atom stereocenters. The molecule has 0 saturated carbocycles. The fraction of sp³-hybridized carbons (Fsp3) is 0.412. The second-order valence-electron chi connectivity index (χ2n) is 5.44. The lowest BCUT2D eigenvalue weighted by Crippen LogP contribution is -2.02. The van der Waals surface area contributed by atoms with Crippen LogP contribution in [0.1, 0.15) is 45.0 Å². The lowest BCUT2D eigenvalue weighted by Gasteiger charge is -2.13. The topological polar surface area (TPSA) is 25.8 Å². The van der Waals surface area contributed by atoms with Crippen molar-refractivity contribution in [2.45, 2.75) is 48.0 Å². The summed E-state index contributed by atoms with van der Waals surface area (Å²) in [5.41, 5.74) is 9.81. The third kappa shape index (κ3) is 2.83. The average Bonchev–Trinajstić information content (AvgIpc) is 2.31. The number of aromatic nitrogens is 2. The van der Waals surface area contributed by atoms with E-state index in [2.05, 4.69) is 63.6 Å². The Bertz CT molecular complexity index is 572. The Balaban J connectivity index is 2.47. The quantitative estimate of drug-likeness (QED) is 0.811. The van der Waals surface area contributed by atoms with Crippen molar-refractivity contribution < 1.29 is 0 Å². The molecule has 0 radical (unpaired) electrons. The molecule has 2 aromatic heterocycles. The summed E-state index contributed by atoms with van der Waals surface area (Å²) < 4.78 is 0. The average molecular weight is 254 g/mol. The number of hydrogen-bond acceptors (Lipinski definition) is 2. The monoisotopic (exact) mass is 254 g/mol. The summed E-state index contributed by atoms with van der Waals surface area (Å²) in [4.78, 5) is 9.04. The van der Waals surface area contributed by atoms with Crippen LogP contribution in [-0.4, -0.2) is 9.97 Å². The smallest absolute Gasteiger partial charge is 0.0407 e. The van der Waals surface area contributed by atoms with E-state index in [0.29, 0.717) is 0 Å². The molecular weight excluding hydrogens is 232 g/mol. The summed E-state index contributed by atoms with van der Waals surface area (Å²) in [6.45, 7) is 12.6. The van der Waals surface area contributed by atoms with Gasteiger partial charge in [-0.15, -0.1) is 0 Å². The molecule has 2 rings (SSSR count). The van der Waals surface area contributed by atoms with Crippen LogP contribution in [0.25, 0.3) is 0 Å². The van der Waals surface area contributed by atoms with E-state index < -0.39 is 0 Å². The maximum absolute atomic E-state index is 4.52. The standard InChI is InChI=1S/C17H22N2/c1-10-7-16(12(3)14(5)18-10)9-17-8-11(2)19-15(6)13(17)4/h7-8H,9H2,1-6H3. The van der Waals surface area contributed by atoms with Crippen molar-refractivity contribution in [2.24, 2.45) is 0 Å². The summed E-state index contributed by atoms with van der Waals surface area (Å²) in [5.74, 6) is 0. The van der Waals surface area contributed by atoms with Crippen molar-refractivity contribution in [3.63, 3.8) is 0 Å². The molecule has 0 saturated heterocycles. The summed E-state index contributed by atoms with van der Waals surface area (Å²) in [5, 5.41) is 0.